The number of alkyl halides is 1. The Labute approximate surface area is 117 Å². The second kappa shape index (κ2) is 4.83. The molecule has 0 radical (unpaired) electrons. The van der Waals surface area contributed by atoms with Crippen molar-refractivity contribution in [3.05, 3.63) is 59.7 Å². The smallest absolute Gasteiger partial charge is 0.153 e. The van der Waals surface area contributed by atoms with E-state index in [9.17, 15) is 13.2 Å². The average Bonchev–Trinajstić information content (AvgIpc) is 2.77. The van der Waals surface area contributed by atoms with Gasteiger partial charge in [-0.05, 0) is 18.2 Å². The van der Waals surface area contributed by atoms with Gasteiger partial charge in [0, 0.05) is 12.1 Å². The molecule has 0 aliphatic rings. The number of rotatable bonds is 2. The molecule has 3 aromatic rings. The third kappa shape index (κ3) is 2.04. The summed E-state index contributed by atoms with van der Waals surface area (Å²) in [5.74, 6) is -1.65. The molecule has 2 aromatic carbocycles. The van der Waals surface area contributed by atoms with Crippen LogP contribution in [-0.2, 0) is 5.88 Å². The summed E-state index contributed by atoms with van der Waals surface area (Å²) in [6, 6.07) is 7.55. The first kappa shape index (κ1) is 13.0. The Morgan fingerprint density at radius 3 is 2.55 bits per heavy atom. The summed E-state index contributed by atoms with van der Waals surface area (Å²) in [6.45, 7) is 0. The van der Waals surface area contributed by atoms with Crippen molar-refractivity contribution >= 4 is 22.6 Å². The van der Waals surface area contributed by atoms with Gasteiger partial charge in [0.15, 0.2) is 5.82 Å². The highest BCUT2D eigenvalue weighted by molar-refractivity contribution is 6.17. The Balaban J connectivity index is 2.38. The standard InChI is InChI=1S/C14H8ClF3N2/c15-7-13-19-14-11(18)5-9(17)6-12(14)20(13)10-3-1-2-8(16)4-10/h1-6H,7H2. The van der Waals surface area contributed by atoms with Gasteiger partial charge in [0.25, 0.3) is 0 Å². The molecule has 3 rings (SSSR count). The van der Waals surface area contributed by atoms with Gasteiger partial charge in [0.2, 0.25) is 0 Å². The van der Waals surface area contributed by atoms with E-state index in [1.165, 1.54) is 22.8 Å². The summed E-state index contributed by atoms with van der Waals surface area (Å²) in [5, 5.41) is 0. The molecular formula is C14H8ClF3N2. The molecule has 0 saturated heterocycles. The highest BCUT2D eigenvalue weighted by Crippen LogP contribution is 2.26. The van der Waals surface area contributed by atoms with Crippen LogP contribution in [0.1, 0.15) is 5.82 Å². The summed E-state index contributed by atoms with van der Waals surface area (Å²) >= 11 is 5.79. The van der Waals surface area contributed by atoms with Crippen molar-refractivity contribution in [1.29, 1.82) is 0 Å². The number of nitrogens with zero attached hydrogens (tertiary/aromatic N) is 2. The molecule has 0 atom stereocenters. The zero-order valence-corrected chi connectivity index (χ0v) is 10.8. The Hall–Kier alpha value is -2.01. The summed E-state index contributed by atoms with van der Waals surface area (Å²) < 4.78 is 41.9. The van der Waals surface area contributed by atoms with Crippen molar-refractivity contribution in [3.8, 4) is 5.69 Å². The van der Waals surface area contributed by atoms with Crippen LogP contribution in [0, 0.1) is 17.5 Å². The zero-order chi connectivity index (χ0) is 14.3. The van der Waals surface area contributed by atoms with E-state index in [0.29, 0.717) is 11.5 Å². The van der Waals surface area contributed by atoms with Crippen molar-refractivity contribution in [3.63, 3.8) is 0 Å². The predicted octanol–water partition coefficient (Wildman–Crippen LogP) is 4.18. The highest BCUT2D eigenvalue weighted by atomic mass is 35.5. The number of imidazole rings is 1. The second-order valence-electron chi connectivity index (χ2n) is 4.23. The van der Waals surface area contributed by atoms with E-state index in [0.717, 1.165) is 12.1 Å². The lowest BCUT2D eigenvalue weighted by atomic mass is 10.2. The maximum absolute atomic E-state index is 13.7. The second-order valence-corrected chi connectivity index (χ2v) is 4.50. The third-order valence-corrected chi connectivity index (χ3v) is 3.17. The van der Waals surface area contributed by atoms with Crippen molar-refractivity contribution in [2.75, 3.05) is 0 Å². The van der Waals surface area contributed by atoms with E-state index in [4.69, 9.17) is 11.6 Å². The van der Waals surface area contributed by atoms with Crippen LogP contribution in [0.2, 0.25) is 0 Å². The largest absolute Gasteiger partial charge is 0.295 e. The van der Waals surface area contributed by atoms with Gasteiger partial charge >= 0.3 is 0 Å². The van der Waals surface area contributed by atoms with Crippen LogP contribution in [0.3, 0.4) is 0 Å². The van der Waals surface area contributed by atoms with Crippen LogP contribution >= 0.6 is 11.6 Å². The molecule has 1 heterocycles. The maximum atomic E-state index is 13.7. The molecule has 0 aliphatic heterocycles. The van der Waals surface area contributed by atoms with Crippen molar-refractivity contribution in [1.82, 2.24) is 9.55 Å². The first-order valence-corrected chi connectivity index (χ1v) is 6.32. The van der Waals surface area contributed by atoms with Crippen molar-refractivity contribution in [2.45, 2.75) is 5.88 Å². The van der Waals surface area contributed by atoms with E-state index < -0.39 is 17.5 Å². The quantitative estimate of drug-likeness (QED) is 0.649. The van der Waals surface area contributed by atoms with Crippen LogP contribution in [0.25, 0.3) is 16.7 Å². The number of halogens is 4. The van der Waals surface area contributed by atoms with Gasteiger partial charge in [0.1, 0.15) is 23.0 Å². The minimum Gasteiger partial charge on any atom is -0.295 e. The van der Waals surface area contributed by atoms with E-state index in [2.05, 4.69) is 4.98 Å². The number of fused-ring (bicyclic) bond motifs is 1. The average molecular weight is 297 g/mol. The Bertz CT molecular complexity index is 798. The molecule has 2 nitrogen and oxygen atoms in total. The predicted molar refractivity (Wildman–Crippen MR) is 70.5 cm³/mol. The normalized spacial score (nSPS) is 11.2. The molecule has 102 valence electrons. The van der Waals surface area contributed by atoms with Crippen molar-refractivity contribution in [2.24, 2.45) is 0 Å². The molecule has 1 aromatic heterocycles. The molecule has 0 amide bonds. The van der Waals surface area contributed by atoms with Gasteiger partial charge in [-0.2, -0.15) is 0 Å². The highest BCUT2D eigenvalue weighted by Gasteiger charge is 2.16. The Morgan fingerprint density at radius 2 is 1.85 bits per heavy atom. The molecule has 0 N–H and O–H groups in total. The van der Waals surface area contributed by atoms with E-state index in [1.807, 2.05) is 0 Å². The summed E-state index contributed by atoms with van der Waals surface area (Å²) in [5.41, 5.74) is 0.628. The summed E-state index contributed by atoms with van der Waals surface area (Å²) in [6.07, 6.45) is 0. The first-order valence-electron chi connectivity index (χ1n) is 5.78. The topological polar surface area (TPSA) is 17.8 Å². The van der Waals surface area contributed by atoms with Crippen LogP contribution in [0.4, 0.5) is 13.2 Å². The van der Waals surface area contributed by atoms with Crippen LogP contribution in [-0.4, -0.2) is 9.55 Å². The SMILES string of the molecule is Fc1cccc(-n2c(CCl)nc3c(F)cc(F)cc32)c1. The summed E-state index contributed by atoms with van der Waals surface area (Å²) in [7, 11) is 0. The number of aromatic nitrogens is 2. The van der Waals surface area contributed by atoms with E-state index in [-0.39, 0.29) is 16.9 Å². The van der Waals surface area contributed by atoms with Crippen molar-refractivity contribution < 1.29 is 13.2 Å². The Kier molecular flexibility index (Phi) is 3.14. The molecule has 0 spiro atoms. The lowest BCUT2D eigenvalue weighted by molar-refractivity contribution is 0.590. The fourth-order valence-corrected chi connectivity index (χ4v) is 2.32. The van der Waals surface area contributed by atoms with Gasteiger partial charge < -0.3 is 0 Å². The van der Waals surface area contributed by atoms with Crippen LogP contribution in [0.15, 0.2) is 36.4 Å². The molecule has 20 heavy (non-hydrogen) atoms. The van der Waals surface area contributed by atoms with E-state index >= 15 is 0 Å². The lowest BCUT2D eigenvalue weighted by Crippen LogP contribution is -1.99. The van der Waals surface area contributed by atoms with Gasteiger partial charge in [-0.3, -0.25) is 4.57 Å². The maximum Gasteiger partial charge on any atom is 0.153 e. The molecule has 0 unspecified atom stereocenters. The monoisotopic (exact) mass is 296 g/mol. The summed E-state index contributed by atoms with van der Waals surface area (Å²) in [4.78, 5) is 4.04. The Morgan fingerprint density at radius 1 is 1.05 bits per heavy atom. The zero-order valence-electron chi connectivity index (χ0n) is 10.1. The minimum atomic E-state index is -0.776. The molecular weight excluding hydrogens is 289 g/mol. The number of hydrogen-bond donors (Lipinski definition) is 0. The van der Waals surface area contributed by atoms with E-state index in [1.54, 1.807) is 6.07 Å². The molecule has 0 aliphatic carbocycles. The fraction of sp³-hybridized carbons (Fsp3) is 0.0714. The first-order chi connectivity index (χ1) is 9.60. The number of benzene rings is 2. The molecule has 0 fully saturated rings. The number of hydrogen-bond acceptors (Lipinski definition) is 1. The van der Waals surface area contributed by atoms with Crippen LogP contribution in [0.5, 0.6) is 0 Å². The molecule has 0 saturated carbocycles. The van der Waals surface area contributed by atoms with Gasteiger partial charge in [-0.15, -0.1) is 11.6 Å². The minimum absolute atomic E-state index is 0.00584. The fourth-order valence-electron chi connectivity index (χ4n) is 2.14. The third-order valence-electron chi connectivity index (χ3n) is 2.93. The van der Waals surface area contributed by atoms with Gasteiger partial charge in [-0.25, -0.2) is 18.2 Å². The van der Waals surface area contributed by atoms with Gasteiger partial charge in [0.05, 0.1) is 17.1 Å². The lowest BCUT2D eigenvalue weighted by Gasteiger charge is -2.07. The molecule has 6 heteroatoms. The van der Waals surface area contributed by atoms with Gasteiger partial charge in [-0.1, -0.05) is 6.07 Å². The molecule has 0 bridgehead atoms. The van der Waals surface area contributed by atoms with Crippen LogP contribution < -0.4 is 0 Å².